The van der Waals surface area contributed by atoms with Crippen molar-refractivity contribution in [1.29, 1.82) is 0 Å². The summed E-state index contributed by atoms with van der Waals surface area (Å²) in [6.45, 7) is 5.84. The number of hydrogen-bond acceptors (Lipinski definition) is 3. The summed E-state index contributed by atoms with van der Waals surface area (Å²) in [5, 5.41) is 17.3. The van der Waals surface area contributed by atoms with Gasteiger partial charge in [-0.1, -0.05) is 19.1 Å². The second-order valence-corrected chi connectivity index (χ2v) is 7.24. The predicted octanol–water partition coefficient (Wildman–Crippen LogP) is 2.53. The van der Waals surface area contributed by atoms with Crippen LogP contribution < -0.4 is 10.6 Å². The van der Waals surface area contributed by atoms with Crippen molar-refractivity contribution in [3.05, 3.63) is 35.6 Å². The minimum absolute atomic E-state index is 0.241. The second-order valence-electron chi connectivity index (χ2n) is 5.76. The number of hydrogen-bond donors (Lipinski definition) is 3. The Morgan fingerprint density at radius 3 is 2.65 bits per heavy atom. The predicted molar refractivity (Wildman–Crippen MR) is 95.3 cm³/mol. The van der Waals surface area contributed by atoms with Crippen LogP contribution in [-0.2, 0) is 6.54 Å². The zero-order chi connectivity index (χ0) is 16.7. The average molecular weight is 339 g/mol. The summed E-state index contributed by atoms with van der Waals surface area (Å²) in [5.74, 6) is 1.46. The van der Waals surface area contributed by atoms with Crippen LogP contribution in [0, 0.1) is 5.82 Å². The van der Waals surface area contributed by atoms with Gasteiger partial charge < -0.3 is 15.7 Å². The van der Waals surface area contributed by atoms with Gasteiger partial charge in [0.2, 0.25) is 0 Å². The molecule has 2 rings (SSSR count). The molecule has 0 radical (unpaired) electrons. The second kappa shape index (κ2) is 8.55. The van der Waals surface area contributed by atoms with Crippen LogP contribution in [0.2, 0.25) is 0 Å². The molecule has 1 aliphatic rings. The first-order valence-electron chi connectivity index (χ1n) is 8.18. The maximum absolute atomic E-state index is 12.9. The van der Waals surface area contributed by atoms with Gasteiger partial charge >= 0.3 is 0 Å². The van der Waals surface area contributed by atoms with Crippen molar-refractivity contribution in [1.82, 2.24) is 10.6 Å². The Bertz CT molecular complexity index is 523. The first kappa shape index (κ1) is 18.1. The molecule has 0 bridgehead atoms. The summed E-state index contributed by atoms with van der Waals surface area (Å²) >= 11 is 1.82. The highest BCUT2D eigenvalue weighted by Gasteiger charge is 2.45. The lowest BCUT2D eigenvalue weighted by atomic mass is 9.79. The van der Waals surface area contributed by atoms with Crippen molar-refractivity contribution in [2.45, 2.75) is 44.1 Å². The van der Waals surface area contributed by atoms with E-state index in [1.165, 1.54) is 12.1 Å². The van der Waals surface area contributed by atoms with Crippen LogP contribution in [0.25, 0.3) is 0 Å². The van der Waals surface area contributed by atoms with Gasteiger partial charge in [0.15, 0.2) is 5.96 Å². The molecule has 2 unspecified atom stereocenters. The first-order valence-corrected chi connectivity index (χ1v) is 9.23. The lowest BCUT2D eigenvalue weighted by molar-refractivity contribution is -0.0198. The Kier molecular flexibility index (Phi) is 6.72. The van der Waals surface area contributed by atoms with Gasteiger partial charge in [0.05, 0.1) is 12.1 Å². The molecule has 23 heavy (non-hydrogen) atoms. The summed E-state index contributed by atoms with van der Waals surface area (Å²) in [5.41, 5.74) is 0.303. The SMILES string of the molecule is CCNC(=NCc1ccc(F)cc1)NCC1(O)CCC1SCC. The van der Waals surface area contributed by atoms with E-state index in [0.717, 1.165) is 30.7 Å². The third kappa shape index (κ3) is 5.11. The largest absolute Gasteiger partial charge is 0.387 e. The number of guanidine groups is 1. The number of aliphatic imine (C=N–C) groups is 1. The fourth-order valence-electron chi connectivity index (χ4n) is 2.58. The standard InChI is InChI=1S/C17H26FN3OS/c1-3-19-16(20-11-13-5-7-14(18)8-6-13)21-12-17(22)10-9-15(17)23-4-2/h5-8,15,22H,3-4,9-12H2,1-2H3,(H2,19,20,21). The van der Waals surface area contributed by atoms with Gasteiger partial charge in [-0.05, 0) is 43.2 Å². The van der Waals surface area contributed by atoms with Crippen LogP contribution in [0.1, 0.15) is 32.3 Å². The Labute approximate surface area is 142 Å². The number of rotatable bonds is 7. The molecule has 1 aromatic rings. The zero-order valence-electron chi connectivity index (χ0n) is 13.8. The topological polar surface area (TPSA) is 56.7 Å². The van der Waals surface area contributed by atoms with E-state index in [1.54, 1.807) is 12.1 Å². The molecule has 2 atom stereocenters. The maximum atomic E-state index is 12.9. The number of nitrogens with one attached hydrogen (secondary N) is 2. The van der Waals surface area contributed by atoms with Crippen molar-refractivity contribution >= 4 is 17.7 Å². The average Bonchev–Trinajstić information content (AvgIpc) is 2.55. The Morgan fingerprint density at radius 2 is 2.09 bits per heavy atom. The molecule has 1 saturated carbocycles. The molecule has 0 amide bonds. The first-order chi connectivity index (χ1) is 11.1. The number of benzene rings is 1. The van der Waals surface area contributed by atoms with E-state index < -0.39 is 5.60 Å². The summed E-state index contributed by atoms with van der Waals surface area (Å²) in [6, 6.07) is 6.34. The summed E-state index contributed by atoms with van der Waals surface area (Å²) in [7, 11) is 0. The molecule has 1 aromatic carbocycles. The van der Waals surface area contributed by atoms with Gasteiger partial charge in [-0.3, -0.25) is 0 Å². The van der Waals surface area contributed by atoms with Crippen LogP contribution in [-0.4, -0.2) is 40.8 Å². The minimum atomic E-state index is -0.646. The van der Waals surface area contributed by atoms with Crippen molar-refractivity contribution in [3.8, 4) is 0 Å². The molecule has 4 nitrogen and oxygen atoms in total. The highest BCUT2D eigenvalue weighted by atomic mass is 32.2. The van der Waals surface area contributed by atoms with Crippen LogP contribution >= 0.6 is 11.8 Å². The molecular weight excluding hydrogens is 313 g/mol. The third-order valence-corrected chi connectivity index (χ3v) is 5.46. The molecule has 0 aliphatic heterocycles. The molecule has 0 aromatic heterocycles. The molecule has 0 saturated heterocycles. The number of halogens is 1. The van der Waals surface area contributed by atoms with Gasteiger partial charge in [0, 0.05) is 18.3 Å². The van der Waals surface area contributed by atoms with Crippen molar-refractivity contribution in [3.63, 3.8) is 0 Å². The summed E-state index contributed by atoms with van der Waals surface area (Å²) in [6.07, 6.45) is 1.90. The molecular formula is C17H26FN3OS. The van der Waals surface area contributed by atoms with Crippen LogP contribution in [0.4, 0.5) is 4.39 Å². The van der Waals surface area contributed by atoms with E-state index in [0.29, 0.717) is 24.3 Å². The van der Waals surface area contributed by atoms with Crippen molar-refractivity contribution < 1.29 is 9.50 Å². The van der Waals surface area contributed by atoms with Gasteiger partial charge in [-0.2, -0.15) is 11.8 Å². The van der Waals surface area contributed by atoms with E-state index >= 15 is 0 Å². The molecule has 3 N–H and O–H groups in total. The van der Waals surface area contributed by atoms with Crippen LogP contribution in [0.3, 0.4) is 0 Å². The van der Waals surface area contributed by atoms with Crippen LogP contribution in [0.5, 0.6) is 0 Å². The molecule has 1 aliphatic carbocycles. The van der Waals surface area contributed by atoms with E-state index in [4.69, 9.17) is 0 Å². The van der Waals surface area contributed by atoms with Gasteiger partial charge in [-0.25, -0.2) is 9.38 Å². The van der Waals surface area contributed by atoms with Crippen LogP contribution in [0.15, 0.2) is 29.3 Å². The molecule has 128 valence electrons. The van der Waals surface area contributed by atoms with Crippen molar-refractivity contribution in [2.24, 2.45) is 4.99 Å². The summed E-state index contributed by atoms with van der Waals surface area (Å²) in [4.78, 5) is 4.50. The fourth-order valence-corrected chi connectivity index (χ4v) is 3.77. The molecule has 1 fully saturated rings. The lowest BCUT2D eigenvalue weighted by Gasteiger charge is -2.45. The molecule has 0 heterocycles. The number of aliphatic hydroxyl groups is 1. The Hall–Kier alpha value is -1.27. The Morgan fingerprint density at radius 1 is 1.35 bits per heavy atom. The van der Waals surface area contributed by atoms with Gasteiger partial charge in [0.25, 0.3) is 0 Å². The normalized spacial score (nSPS) is 24.2. The minimum Gasteiger partial charge on any atom is -0.387 e. The third-order valence-electron chi connectivity index (χ3n) is 4.05. The van der Waals surface area contributed by atoms with E-state index in [-0.39, 0.29) is 5.82 Å². The van der Waals surface area contributed by atoms with E-state index in [1.807, 2.05) is 18.7 Å². The van der Waals surface area contributed by atoms with E-state index in [2.05, 4.69) is 22.5 Å². The van der Waals surface area contributed by atoms with Crippen molar-refractivity contribution in [2.75, 3.05) is 18.8 Å². The molecule has 0 spiro atoms. The smallest absolute Gasteiger partial charge is 0.191 e. The quantitative estimate of drug-likeness (QED) is 0.528. The number of nitrogens with zero attached hydrogens (tertiary/aromatic N) is 1. The lowest BCUT2D eigenvalue weighted by Crippen LogP contribution is -2.58. The number of thioether (sulfide) groups is 1. The monoisotopic (exact) mass is 339 g/mol. The zero-order valence-corrected chi connectivity index (χ0v) is 14.6. The highest BCUT2D eigenvalue weighted by Crippen LogP contribution is 2.40. The van der Waals surface area contributed by atoms with E-state index in [9.17, 15) is 9.50 Å². The van der Waals surface area contributed by atoms with Gasteiger partial charge in [0.1, 0.15) is 5.82 Å². The molecule has 6 heteroatoms. The van der Waals surface area contributed by atoms with Gasteiger partial charge in [-0.15, -0.1) is 0 Å². The summed E-state index contributed by atoms with van der Waals surface area (Å²) < 4.78 is 12.9. The highest BCUT2D eigenvalue weighted by molar-refractivity contribution is 8.00. The fraction of sp³-hybridized carbons (Fsp3) is 0.588. The maximum Gasteiger partial charge on any atom is 0.191 e. The Balaban J connectivity index is 1.90.